The minimum absolute atomic E-state index is 0.193. The van der Waals surface area contributed by atoms with E-state index in [1.165, 1.54) is 17.0 Å². The zero-order valence-electron chi connectivity index (χ0n) is 23.9. The highest BCUT2D eigenvalue weighted by Gasteiger charge is 2.43. The molecule has 0 radical (unpaired) electrons. The van der Waals surface area contributed by atoms with Crippen LogP contribution in [0.2, 0.25) is 0 Å². The first-order valence-corrected chi connectivity index (χ1v) is 14.7. The summed E-state index contributed by atoms with van der Waals surface area (Å²) in [5, 5.41) is 1.91. The molecule has 6 nitrogen and oxygen atoms in total. The van der Waals surface area contributed by atoms with Crippen LogP contribution in [0.1, 0.15) is 75.9 Å². The molecule has 44 heavy (non-hydrogen) atoms. The number of carbonyl (C=O) groups excluding carboxylic acids is 3. The molecule has 1 atom stereocenters. The molecule has 1 saturated heterocycles. The van der Waals surface area contributed by atoms with Crippen molar-refractivity contribution in [1.82, 2.24) is 10.2 Å². The summed E-state index contributed by atoms with van der Waals surface area (Å²) < 4.78 is 69.9. The van der Waals surface area contributed by atoms with Gasteiger partial charge in [0.15, 0.2) is 0 Å². The van der Waals surface area contributed by atoms with E-state index in [0.29, 0.717) is 61.0 Å². The van der Waals surface area contributed by atoms with Crippen molar-refractivity contribution in [2.75, 3.05) is 24.5 Å². The SMILES string of the molecule is CCCCc1c(F)c(N2CCC(N3C(=O)c4ccccc4C3=O)CC2)cc2c1C(C(=O)NCC(F)(F)F)c1cc(F)ccc1-2. The highest BCUT2D eigenvalue weighted by atomic mass is 19.4. The van der Waals surface area contributed by atoms with Gasteiger partial charge in [0.1, 0.15) is 18.2 Å². The molecule has 3 amide bonds. The molecule has 0 saturated carbocycles. The summed E-state index contributed by atoms with van der Waals surface area (Å²) in [5.41, 5.74) is 2.64. The fourth-order valence-corrected chi connectivity index (χ4v) is 6.73. The van der Waals surface area contributed by atoms with E-state index in [1.807, 2.05) is 17.1 Å². The van der Waals surface area contributed by atoms with Crippen LogP contribution in [0.4, 0.5) is 27.6 Å². The van der Waals surface area contributed by atoms with Gasteiger partial charge >= 0.3 is 6.18 Å². The third kappa shape index (κ3) is 5.11. The third-order valence-electron chi connectivity index (χ3n) is 8.79. The molecule has 1 unspecified atom stereocenters. The van der Waals surface area contributed by atoms with Gasteiger partial charge in [0.2, 0.25) is 5.91 Å². The van der Waals surface area contributed by atoms with Crippen LogP contribution in [0, 0.1) is 11.6 Å². The van der Waals surface area contributed by atoms with E-state index in [2.05, 4.69) is 0 Å². The zero-order chi connectivity index (χ0) is 31.3. The van der Waals surface area contributed by atoms with Gasteiger partial charge in [-0.2, -0.15) is 13.2 Å². The van der Waals surface area contributed by atoms with Crippen molar-refractivity contribution in [3.05, 3.63) is 88.0 Å². The first-order chi connectivity index (χ1) is 21.0. The maximum Gasteiger partial charge on any atom is 0.405 e. The number of piperidine rings is 1. The Hall–Kier alpha value is -4.28. The molecular formula is C33H30F5N3O3. The van der Waals surface area contributed by atoms with Gasteiger partial charge in [-0.1, -0.05) is 31.5 Å². The van der Waals surface area contributed by atoms with Crippen LogP contribution in [0.15, 0.2) is 48.5 Å². The number of benzene rings is 3. The van der Waals surface area contributed by atoms with Gasteiger partial charge in [0.05, 0.1) is 22.7 Å². The number of hydrogen-bond donors (Lipinski definition) is 1. The summed E-state index contributed by atoms with van der Waals surface area (Å²) >= 11 is 0. The number of nitrogens with zero attached hydrogens (tertiary/aromatic N) is 2. The molecule has 3 aliphatic rings. The lowest BCUT2D eigenvalue weighted by molar-refractivity contribution is -0.138. The minimum Gasteiger partial charge on any atom is -0.369 e. The fourth-order valence-electron chi connectivity index (χ4n) is 6.73. The number of hydrogen-bond acceptors (Lipinski definition) is 4. The van der Waals surface area contributed by atoms with Crippen molar-refractivity contribution in [2.24, 2.45) is 0 Å². The van der Waals surface area contributed by atoms with Crippen LogP contribution >= 0.6 is 0 Å². The van der Waals surface area contributed by atoms with Crippen LogP contribution in [-0.4, -0.2) is 54.5 Å². The van der Waals surface area contributed by atoms with Crippen molar-refractivity contribution in [1.29, 1.82) is 0 Å². The van der Waals surface area contributed by atoms with E-state index < -0.39 is 36.2 Å². The maximum atomic E-state index is 16.5. The smallest absolute Gasteiger partial charge is 0.369 e. The second-order valence-electron chi connectivity index (χ2n) is 11.5. The lowest BCUT2D eigenvalue weighted by atomic mass is 9.88. The lowest BCUT2D eigenvalue weighted by Gasteiger charge is -2.37. The Balaban J connectivity index is 1.34. The predicted octanol–water partition coefficient (Wildman–Crippen LogP) is 6.36. The van der Waals surface area contributed by atoms with Crippen molar-refractivity contribution < 1.29 is 36.3 Å². The van der Waals surface area contributed by atoms with E-state index in [1.54, 1.807) is 30.3 Å². The number of anilines is 1. The van der Waals surface area contributed by atoms with Gasteiger partial charge in [-0.25, -0.2) is 8.78 Å². The zero-order valence-corrected chi connectivity index (χ0v) is 23.9. The summed E-state index contributed by atoms with van der Waals surface area (Å²) in [6.45, 7) is 1.04. The largest absolute Gasteiger partial charge is 0.405 e. The van der Waals surface area contributed by atoms with Gasteiger partial charge in [0, 0.05) is 19.1 Å². The average molecular weight is 612 g/mol. The van der Waals surface area contributed by atoms with Crippen molar-refractivity contribution >= 4 is 23.4 Å². The summed E-state index contributed by atoms with van der Waals surface area (Å²) in [5.74, 6) is -4.18. The fraction of sp³-hybridized carbons (Fsp3) is 0.364. The molecule has 1 aliphatic carbocycles. The number of unbranched alkanes of at least 4 members (excludes halogenated alkanes) is 1. The Morgan fingerprint density at radius 3 is 2.20 bits per heavy atom. The summed E-state index contributed by atoms with van der Waals surface area (Å²) in [6.07, 6.45) is -2.31. The van der Waals surface area contributed by atoms with E-state index in [9.17, 15) is 31.9 Å². The Bertz CT molecular complexity index is 1630. The number of amides is 3. The Morgan fingerprint density at radius 2 is 1.59 bits per heavy atom. The Kier molecular flexibility index (Phi) is 7.67. The normalized spacial score (nSPS) is 18.0. The molecule has 6 rings (SSSR count). The quantitative estimate of drug-likeness (QED) is 0.249. The molecule has 11 heteroatoms. The number of fused-ring (bicyclic) bond motifs is 4. The molecular weight excluding hydrogens is 581 g/mol. The van der Waals surface area contributed by atoms with Crippen LogP contribution in [0.5, 0.6) is 0 Å². The molecule has 3 aromatic rings. The number of carbonyl (C=O) groups is 3. The Morgan fingerprint density at radius 1 is 0.932 bits per heavy atom. The molecule has 1 N–H and O–H groups in total. The van der Waals surface area contributed by atoms with E-state index in [-0.39, 0.29) is 46.7 Å². The summed E-state index contributed by atoms with van der Waals surface area (Å²) in [7, 11) is 0. The van der Waals surface area contributed by atoms with Crippen molar-refractivity contribution in [2.45, 2.75) is 57.2 Å². The number of halogens is 5. The van der Waals surface area contributed by atoms with Gasteiger partial charge in [-0.05, 0) is 83.8 Å². The molecule has 1 fully saturated rings. The van der Waals surface area contributed by atoms with Crippen LogP contribution in [0.3, 0.4) is 0 Å². The standard InChI is InChI=1S/C33H30F5N3O3/c1-2-3-6-23-27-25(20-10-9-18(34)15-24(20)28(27)30(42)39-17-33(36,37)38)16-26(29(23)35)40-13-11-19(12-14-40)41-31(43)21-7-4-5-8-22(21)32(41)44/h4-5,7-10,15-16,19,28H,2-3,6,11-14,17H2,1H3,(H,39,42). The molecule has 0 bridgehead atoms. The minimum atomic E-state index is -4.65. The first-order valence-electron chi connectivity index (χ1n) is 14.7. The van der Waals surface area contributed by atoms with Crippen LogP contribution in [-0.2, 0) is 11.2 Å². The van der Waals surface area contributed by atoms with E-state index in [4.69, 9.17) is 0 Å². The number of imide groups is 1. The topological polar surface area (TPSA) is 69.7 Å². The van der Waals surface area contributed by atoms with E-state index in [0.717, 1.165) is 6.07 Å². The van der Waals surface area contributed by atoms with Crippen LogP contribution < -0.4 is 10.2 Å². The second-order valence-corrected chi connectivity index (χ2v) is 11.5. The first kappa shape index (κ1) is 29.8. The number of nitrogens with one attached hydrogen (secondary N) is 1. The predicted molar refractivity (Wildman–Crippen MR) is 153 cm³/mol. The van der Waals surface area contributed by atoms with Gasteiger partial charge in [0.25, 0.3) is 11.8 Å². The molecule has 0 aromatic heterocycles. The Labute approximate surface area is 250 Å². The van der Waals surface area contributed by atoms with Crippen LogP contribution in [0.25, 0.3) is 11.1 Å². The highest BCUT2D eigenvalue weighted by molar-refractivity contribution is 6.21. The molecule has 2 aliphatic heterocycles. The molecule has 230 valence electrons. The number of alkyl halides is 3. The third-order valence-corrected chi connectivity index (χ3v) is 8.79. The lowest BCUT2D eigenvalue weighted by Crippen LogP contribution is -2.47. The molecule has 2 heterocycles. The molecule has 3 aromatic carbocycles. The van der Waals surface area contributed by atoms with Crippen molar-refractivity contribution in [3.8, 4) is 11.1 Å². The summed E-state index contributed by atoms with van der Waals surface area (Å²) in [6, 6.07) is 11.7. The highest BCUT2D eigenvalue weighted by Crippen LogP contribution is 2.50. The van der Waals surface area contributed by atoms with E-state index >= 15 is 4.39 Å². The number of rotatable bonds is 7. The summed E-state index contributed by atoms with van der Waals surface area (Å²) in [4.78, 5) is 42.4. The van der Waals surface area contributed by atoms with Gasteiger partial charge in [-0.3, -0.25) is 19.3 Å². The van der Waals surface area contributed by atoms with Gasteiger partial charge in [-0.15, -0.1) is 0 Å². The maximum absolute atomic E-state index is 16.5. The average Bonchev–Trinajstić information content (AvgIpc) is 3.45. The monoisotopic (exact) mass is 611 g/mol. The van der Waals surface area contributed by atoms with Gasteiger partial charge < -0.3 is 10.2 Å². The second kappa shape index (κ2) is 11.3. The van der Waals surface area contributed by atoms with Crippen molar-refractivity contribution in [3.63, 3.8) is 0 Å². The molecule has 0 spiro atoms.